The lowest BCUT2D eigenvalue weighted by molar-refractivity contribution is 0.147. The number of hydrogen-bond donors (Lipinski definition) is 1. The van der Waals surface area contributed by atoms with Crippen LogP contribution in [0.25, 0.3) is 5.69 Å². The summed E-state index contributed by atoms with van der Waals surface area (Å²) in [6.45, 7) is 3.93. The van der Waals surface area contributed by atoms with Gasteiger partial charge < -0.3 is 10.1 Å². The van der Waals surface area contributed by atoms with Crippen LogP contribution < -0.4 is 5.32 Å². The number of imidazole rings is 1. The fourth-order valence-electron chi connectivity index (χ4n) is 1.84. The van der Waals surface area contributed by atoms with Crippen LogP contribution in [0.15, 0.2) is 29.0 Å². The number of ether oxygens (including phenoxy) is 1. The van der Waals surface area contributed by atoms with Gasteiger partial charge in [0.15, 0.2) is 0 Å². The maximum Gasteiger partial charge on any atom is 0.207 e. The second-order valence-electron chi connectivity index (χ2n) is 4.32. The maximum absolute atomic E-state index is 13.9. The summed E-state index contributed by atoms with van der Waals surface area (Å²) in [5.74, 6) is -0.780. The third-order valence-electron chi connectivity index (χ3n) is 2.84. The number of nitrogens with zero attached hydrogens (tertiary/aromatic N) is 2. The van der Waals surface area contributed by atoms with Crippen molar-refractivity contribution >= 4 is 21.9 Å². The van der Waals surface area contributed by atoms with Gasteiger partial charge in [0, 0.05) is 38.2 Å². The standard InChI is InChI=1S/C14H16BrF2N3O/c1-2-21-7-3-4-18-14-19-5-6-20(14)13-8-10(15)11(16)9-12(13)17/h5-6,8-9H,2-4,7H2,1H3,(H,18,19). The largest absolute Gasteiger partial charge is 0.382 e. The molecule has 0 atom stereocenters. The van der Waals surface area contributed by atoms with Gasteiger partial charge in [0.2, 0.25) is 5.95 Å². The van der Waals surface area contributed by atoms with Crippen LogP contribution in [0.3, 0.4) is 0 Å². The highest BCUT2D eigenvalue weighted by molar-refractivity contribution is 9.10. The fourth-order valence-corrected chi connectivity index (χ4v) is 2.18. The first-order chi connectivity index (χ1) is 10.1. The van der Waals surface area contributed by atoms with Crippen LogP contribution >= 0.6 is 15.9 Å². The SMILES string of the molecule is CCOCCCNc1nccn1-c1cc(Br)c(F)cc1F. The minimum Gasteiger partial charge on any atom is -0.382 e. The monoisotopic (exact) mass is 359 g/mol. The number of nitrogens with one attached hydrogen (secondary N) is 1. The van der Waals surface area contributed by atoms with Gasteiger partial charge in [0.1, 0.15) is 11.6 Å². The number of benzene rings is 1. The van der Waals surface area contributed by atoms with Crippen molar-refractivity contribution < 1.29 is 13.5 Å². The van der Waals surface area contributed by atoms with Gasteiger partial charge in [0.05, 0.1) is 10.2 Å². The molecule has 0 fully saturated rings. The molecule has 0 saturated carbocycles. The number of rotatable bonds is 7. The highest BCUT2D eigenvalue weighted by Crippen LogP contribution is 2.24. The molecule has 7 heteroatoms. The summed E-state index contributed by atoms with van der Waals surface area (Å²) in [6, 6.07) is 2.23. The zero-order chi connectivity index (χ0) is 15.2. The van der Waals surface area contributed by atoms with Crippen molar-refractivity contribution in [2.24, 2.45) is 0 Å². The van der Waals surface area contributed by atoms with Crippen molar-refractivity contribution in [3.63, 3.8) is 0 Å². The van der Waals surface area contributed by atoms with E-state index in [2.05, 4.69) is 26.2 Å². The van der Waals surface area contributed by atoms with Gasteiger partial charge in [-0.05, 0) is 35.3 Å². The van der Waals surface area contributed by atoms with Crippen molar-refractivity contribution in [2.75, 3.05) is 25.1 Å². The molecule has 0 bridgehead atoms. The zero-order valence-electron chi connectivity index (χ0n) is 11.6. The Balaban J connectivity index is 2.11. The van der Waals surface area contributed by atoms with E-state index in [4.69, 9.17) is 4.74 Å². The molecule has 1 heterocycles. The summed E-state index contributed by atoms with van der Waals surface area (Å²) in [4.78, 5) is 4.14. The first-order valence-electron chi connectivity index (χ1n) is 6.63. The minimum atomic E-state index is -0.647. The molecule has 2 aromatic rings. The van der Waals surface area contributed by atoms with E-state index in [0.29, 0.717) is 25.7 Å². The summed E-state index contributed by atoms with van der Waals surface area (Å²) in [6.07, 6.45) is 3.99. The Hall–Kier alpha value is -1.47. The van der Waals surface area contributed by atoms with Crippen molar-refractivity contribution in [2.45, 2.75) is 13.3 Å². The molecule has 1 N–H and O–H groups in total. The van der Waals surface area contributed by atoms with Crippen molar-refractivity contribution in [3.8, 4) is 5.69 Å². The van der Waals surface area contributed by atoms with Gasteiger partial charge in [-0.3, -0.25) is 4.57 Å². The molecular weight excluding hydrogens is 344 g/mol. The van der Waals surface area contributed by atoms with E-state index in [1.54, 1.807) is 17.0 Å². The van der Waals surface area contributed by atoms with Crippen LogP contribution in [0.5, 0.6) is 0 Å². The zero-order valence-corrected chi connectivity index (χ0v) is 13.2. The van der Waals surface area contributed by atoms with Crippen LogP contribution in [0.4, 0.5) is 14.7 Å². The highest BCUT2D eigenvalue weighted by Gasteiger charge is 2.12. The summed E-state index contributed by atoms with van der Waals surface area (Å²) in [5, 5.41) is 3.11. The first kappa shape index (κ1) is 15.9. The Labute approximate surface area is 130 Å². The third-order valence-corrected chi connectivity index (χ3v) is 3.45. The van der Waals surface area contributed by atoms with E-state index in [1.807, 2.05) is 6.92 Å². The molecule has 0 aliphatic carbocycles. The van der Waals surface area contributed by atoms with Crippen molar-refractivity contribution in [3.05, 3.63) is 40.6 Å². The molecule has 0 radical (unpaired) electrons. The van der Waals surface area contributed by atoms with Gasteiger partial charge in [-0.1, -0.05) is 0 Å². The lowest BCUT2D eigenvalue weighted by Crippen LogP contribution is -2.10. The average Bonchev–Trinajstić information content (AvgIpc) is 2.91. The van der Waals surface area contributed by atoms with Gasteiger partial charge in [-0.25, -0.2) is 13.8 Å². The second-order valence-corrected chi connectivity index (χ2v) is 5.17. The number of hydrogen-bond acceptors (Lipinski definition) is 3. The number of anilines is 1. The predicted molar refractivity (Wildman–Crippen MR) is 80.8 cm³/mol. The van der Waals surface area contributed by atoms with E-state index >= 15 is 0 Å². The van der Waals surface area contributed by atoms with Crippen LogP contribution in [-0.4, -0.2) is 29.3 Å². The van der Waals surface area contributed by atoms with Gasteiger partial charge in [-0.15, -0.1) is 0 Å². The Morgan fingerprint density at radius 1 is 1.33 bits per heavy atom. The molecule has 0 saturated heterocycles. The fraction of sp³-hybridized carbons (Fsp3) is 0.357. The molecule has 4 nitrogen and oxygen atoms in total. The molecule has 0 spiro atoms. The topological polar surface area (TPSA) is 39.1 Å². The Morgan fingerprint density at radius 2 is 2.14 bits per heavy atom. The summed E-state index contributed by atoms with van der Waals surface area (Å²) >= 11 is 3.06. The minimum absolute atomic E-state index is 0.204. The van der Waals surface area contributed by atoms with Gasteiger partial charge in [-0.2, -0.15) is 0 Å². The first-order valence-corrected chi connectivity index (χ1v) is 7.42. The summed E-state index contributed by atoms with van der Waals surface area (Å²) in [7, 11) is 0. The molecule has 0 aliphatic rings. The molecular formula is C14H16BrF2N3O. The molecule has 114 valence electrons. The highest BCUT2D eigenvalue weighted by atomic mass is 79.9. The molecule has 1 aromatic carbocycles. The quantitative estimate of drug-likeness (QED) is 0.604. The second kappa shape index (κ2) is 7.51. The van der Waals surface area contributed by atoms with E-state index in [-0.39, 0.29) is 10.2 Å². The van der Waals surface area contributed by atoms with Crippen LogP contribution in [-0.2, 0) is 4.74 Å². The Bertz CT molecular complexity index is 604. The molecule has 21 heavy (non-hydrogen) atoms. The lowest BCUT2D eigenvalue weighted by Gasteiger charge is -2.11. The summed E-state index contributed by atoms with van der Waals surface area (Å²) < 4.78 is 34.2. The van der Waals surface area contributed by atoms with E-state index in [0.717, 1.165) is 12.5 Å². The van der Waals surface area contributed by atoms with Crippen molar-refractivity contribution in [1.29, 1.82) is 0 Å². The third kappa shape index (κ3) is 4.01. The molecule has 0 amide bonds. The Kier molecular flexibility index (Phi) is 5.69. The normalized spacial score (nSPS) is 10.9. The predicted octanol–water partition coefficient (Wildman–Crippen LogP) is 3.75. The molecule has 1 aromatic heterocycles. The summed E-state index contributed by atoms with van der Waals surface area (Å²) in [5.41, 5.74) is 0.230. The number of aromatic nitrogens is 2. The van der Waals surface area contributed by atoms with Gasteiger partial charge >= 0.3 is 0 Å². The number of halogens is 3. The smallest absolute Gasteiger partial charge is 0.207 e. The van der Waals surface area contributed by atoms with E-state index < -0.39 is 11.6 Å². The average molecular weight is 360 g/mol. The van der Waals surface area contributed by atoms with Crippen molar-refractivity contribution in [1.82, 2.24) is 9.55 Å². The van der Waals surface area contributed by atoms with Crippen LogP contribution in [0.1, 0.15) is 13.3 Å². The molecule has 0 aliphatic heterocycles. The maximum atomic E-state index is 13.9. The van der Waals surface area contributed by atoms with E-state index in [1.165, 1.54) is 6.07 Å². The molecule has 0 unspecified atom stereocenters. The van der Waals surface area contributed by atoms with Crippen LogP contribution in [0.2, 0.25) is 0 Å². The van der Waals surface area contributed by atoms with E-state index in [9.17, 15) is 8.78 Å². The molecule has 2 rings (SSSR count). The lowest BCUT2D eigenvalue weighted by atomic mass is 10.3. The van der Waals surface area contributed by atoms with Gasteiger partial charge in [0.25, 0.3) is 0 Å². The van der Waals surface area contributed by atoms with Crippen LogP contribution in [0, 0.1) is 11.6 Å². The Morgan fingerprint density at radius 3 is 2.90 bits per heavy atom.